The van der Waals surface area contributed by atoms with Gasteiger partial charge in [-0.3, -0.25) is 4.72 Å². The number of nitrogens with zero attached hydrogens (tertiary/aromatic N) is 1. The molecule has 2 N–H and O–H groups in total. The number of ether oxygens (including phenoxy) is 1. The fourth-order valence-corrected chi connectivity index (χ4v) is 2.65. The summed E-state index contributed by atoms with van der Waals surface area (Å²) >= 11 is 0. The third-order valence-electron chi connectivity index (χ3n) is 2.53. The molecule has 114 valence electrons. The highest BCUT2D eigenvalue weighted by Gasteiger charge is 2.19. The van der Waals surface area contributed by atoms with E-state index in [1.807, 2.05) is 6.92 Å². The van der Waals surface area contributed by atoms with Gasteiger partial charge in [0.25, 0.3) is 10.0 Å². The summed E-state index contributed by atoms with van der Waals surface area (Å²) in [6.45, 7) is 2.80. The lowest BCUT2D eigenvalue weighted by molar-refractivity contribution is 0.327. The van der Waals surface area contributed by atoms with Crippen LogP contribution in [-0.2, 0) is 16.6 Å². The molecule has 0 bridgehead atoms. The molecule has 8 heteroatoms. The van der Waals surface area contributed by atoms with Crippen LogP contribution in [0.1, 0.15) is 12.7 Å². The number of nitrogens with one attached hydrogen (secondary N) is 2. The Labute approximate surface area is 123 Å². The number of hydrogen-bond acceptors (Lipinski definition) is 6. The zero-order chi connectivity index (χ0) is 15.3. The van der Waals surface area contributed by atoms with Crippen LogP contribution in [0.4, 0.5) is 5.69 Å². The predicted molar refractivity (Wildman–Crippen MR) is 77.7 cm³/mol. The maximum absolute atomic E-state index is 12.1. The summed E-state index contributed by atoms with van der Waals surface area (Å²) in [5.74, 6) is 0.984. The SMILES string of the molecule is CCOc1ccc(NS(=O)(=O)c2ccc(CNC)o2)cn1. The van der Waals surface area contributed by atoms with Gasteiger partial charge < -0.3 is 14.5 Å². The Morgan fingerprint density at radius 2 is 2.10 bits per heavy atom. The number of hydrogen-bond donors (Lipinski definition) is 2. The van der Waals surface area contributed by atoms with Gasteiger partial charge in [0.1, 0.15) is 5.76 Å². The van der Waals surface area contributed by atoms with E-state index in [2.05, 4.69) is 15.0 Å². The van der Waals surface area contributed by atoms with Crippen LogP contribution in [0.2, 0.25) is 0 Å². The van der Waals surface area contributed by atoms with E-state index in [0.717, 1.165) is 0 Å². The summed E-state index contributed by atoms with van der Waals surface area (Å²) in [7, 11) is -2.01. The van der Waals surface area contributed by atoms with Gasteiger partial charge in [-0.05, 0) is 32.2 Å². The van der Waals surface area contributed by atoms with E-state index in [-0.39, 0.29) is 5.09 Å². The van der Waals surface area contributed by atoms with Gasteiger partial charge >= 0.3 is 0 Å². The third kappa shape index (κ3) is 3.96. The van der Waals surface area contributed by atoms with E-state index in [1.54, 1.807) is 25.2 Å². The van der Waals surface area contributed by atoms with Crippen molar-refractivity contribution < 1.29 is 17.6 Å². The summed E-state index contributed by atoms with van der Waals surface area (Å²) in [6.07, 6.45) is 1.39. The minimum absolute atomic E-state index is 0.137. The number of anilines is 1. The molecule has 0 spiro atoms. The fourth-order valence-electron chi connectivity index (χ4n) is 1.65. The minimum Gasteiger partial charge on any atom is -0.478 e. The molecule has 7 nitrogen and oxygen atoms in total. The van der Waals surface area contributed by atoms with E-state index < -0.39 is 10.0 Å². The molecule has 0 saturated heterocycles. The predicted octanol–water partition coefficient (Wildman–Crippen LogP) is 1.59. The molecular formula is C13H17N3O4S. The Kier molecular flexibility index (Phi) is 4.81. The Bertz CT molecular complexity index is 680. The van der Waals surface area contributed by atoms with Crippen molar-refractivity contribution in [3.05, 3.63) is 36.2 Å². The first-order valence-corrected chi connectivity index (χ1v) is 7.88. The van der Waals surface area contributed by atoms with Gasteiger partial charge in [-0.2, -0.15) is 8.42 Å². The van der Waals surface area contributed by atoms with Gasteiger partial charge in [0.15, 0.2) is 0 Å². The van der Waals surface area contributed by atoms with Crippen molar-refractivity contribution in [2.45, 2.75) is 18.6 Å². The lowest BCUT2D eigenvalue weighted by atomic mass is 10.4. The van der Waals surface area contributed by atoms with Crippen LogP contribution in [0.5, 0.6) is 5.88 Å². The molecule has 2 aromatic rings. The molecule has 0 atom stereocenters. The summed E-state index contributed by atoms with van der Waals surface area (Å²) in [4.78, 5) is 3.99. The second-order valence-electron chi connectivity index (χ2n) is 4.17. The van der Waals surface area contributed by atoms with Gasteiger partial charge in [0, 0.05) is 6.07 Å². The topological polar surface area (TPSA) is 93.5 Å². The molecule has 0 saturated carbocycles. The molecule has 0 radical (unpaired) electrons. The van der Waals surface area contributed by atoms with Crippen molar-refractivity contribution in [3.8, 4) is 5.88 Å². The number of sulfonamides is 1. The quantitative estimate of drug-likeness (QED) is 0.806. The van der Waals surface area contributed by atoms with Crippen LogP contribution >= 0.6 is 0 Å². The lowest BCUT2D eigenvalue weighted by Crippen LogP contribution is -2.12. The van der Waals surface area contributed by atoms with Crippen LogP contribution in [-0.4, -0.2) is 27.1 Å². The van der Waals surface area contributed by atoms with Gasteiger partial charge in [-0.25, -0.2) is 4.98 Å². The van der Waals surface area contributed by atoms with Crippen LogP contribution < -0.4 is 14.8 Å². The maximum Gasteiger partial charge on any atom is 0.295 e. The molecular weight excluding hydrogens is 294 g/mol. The van der Waals surface area contributed by atoms with Crippen molar-refractivity contribution in [2.24, 2.45) is 0 Å². The first-order valence-electron chi connectivity index (χ1n) is 6.40. The van der Waals surface area contributed by atoms with Crippen molar-refractivity contribution in [1.82, 2.24) is 10.3 Å². The molecule has 0 aromatic carbocycles. The van der Waals surface area contributed by atoms with E-state index in [0.29, 0.717) is 30.5 Å². The van der Waals surface area contributed by atoms with Crippen molar-refractivity contribution in [1.29, 1.82) is 0 Å². The molecule has 0 aliphatic carbocycles. The van der Waals surface area contributed by atoms with Crippen LogP contribution in [0, 0.1) is 0 Å². The monoisotopic (exact) mass is 311 g/mol. The van der Waals surface area contributed by atoms with Gasteiger partial charge in [-0.15, -0.1) is 0 Å². The molecule has 0 amide bonds. The maximum atomic E-state index is 12.1. The highest BCUT2D eigenvalue weighted by Crippen LogP contribution is 2.19. The van der Waals surface area contributed by atoms with Crippen molar-refractivity contribution in [3.63, 3.8) is 0 Å². The lowest BCUT2D eigenvalue weighted by Gasteiger charge is -2.06. The van der Waals surface area contributed by atoms with Crippen molar-refractivity contribution in [2.75, 3.05) is 18.4 Å². The number of rotatable bonds is 7. The number of furan rings is 1. The first kappa shape index (κ1) is 15.3. The normalized spacial score (nSPS) is 11.3. The second kappa shape index (κ2) is 6.59. The van der Waals surface area contributed by atoms with Crippen LogP contribution in [0.15, 0.2) is 40.0 Å². The molecule has 0 aliphatic heterocycles. The molecule has 21 heavy (non-hydrogen) atoms. The largest absolute Gasteiger partial charge is 0.478 e. The number of pyridine rings is 1. The van der Waals surface area contributed by atoms with E-state index in [1.165, 1.54) is 12.3 Å². The standard InChI is InChI=1S/C13H17N3O4S/c1-3-19-12-6-4-10(8-15-12)16-21(17,18)13-7-5-11(20-13)9-14-2/h4-8,14,16H,3,9H2,1-2H3. The van der Waals surface area contributed by atoms with Gasteiger partial charge in [0.2, 0.25) is 11.0 Å². The molecule has 0 unspecified atom stereocenters. The first-order chi connectivity index (χ1) is 10.0. The highest BCUT2D eigenvalue weighted by atomic mass is 32.2. The minimum atomic E-state index is -3.76. The smallest absolute Gasteiger partial charge is 0.295 e. The third-order valence-corrected chi connectivity index (χ3v) is 3.79. The zero-order valence-electron chi connectivity index (χ0n) is 11.8. The summed E-state index contributed by atoms with van der Waals surface area (Å²) < 4.78 is 37.1. The van der Waals surface area contributed by atoms with E-state index in [9.17, 15) is 8.42 Å². The molecule has 0 fully saturated rings. The second-order valence-corrected chi connectivity index (χ2v) is 5.79. The molecule has 0 aliphatic rings. The average Bonchev–Trinajstić information content (AvgIpc) is 2.91. The molecule has 2 rings (SSSR count). The fraction of sp³-hybridized carbons (Fsp3) is 0.308. The average molecular weight is 311 g/mol. The van der Waals surface area contributed by atoms with Crippen LogP contribution in [0.25, 0.3) is 0 Å². The van der Waals surface area contributed by atoms with E-state index in [4.69, 9.17) is 9.15 Å². The Balaban J connectivity index is 2.12. The Morgan fingerprint density at radius 1 is 1.29 bits per heavy atom. The van der Waals surface area contributed by atoms with E-state index >= 15 is 0 Å². The van der Waals surface area contributed by atoms with Crippen molar-refractivity contribution >= 4 is 15.7 Å². The molecule has 2 heterocycles. The Hall–Kier alpha value is -2.06. The number of aromatic nitrogens is 1. The summed E-state index contributed by atoms with van der Waals surface area (Å²) in [5.41, 5.74) is 0.338. The summed E-state index contributed by atoms with van der Waals surface area (Å²) in [5, 5.41) is 2.75. The van der Waals surface area contributed by atoms with Gasteiger partial charge in [-0.1, -0.05) is 0 Å². The van der Waals surface area contributed by atoms with Gasteiger partial charge in [0.05, 0.1) is 25.0 Å². The summed E-state index contributed by atoms with van der Waals surface area (Å²) in [6, 6.07) is 6.20. The Morgan fingerprint density at radius 3 is 2.71 bits per heavy atom. The highest BCUT2D eigenvalue weighted by molar-refractivity contribution is 7.92. The van der Waals surface area contributed by atoms with Crippen LogP contribution in [0.3, 0.4) is 0 Å². The molecule has 2 aromatic heterocycles. The zero-order valence-corrected chi connectivity index (χ0v) is 12.6.